The number of amides is 2. The molecule has 0 radical (unpaired) electrons. The van der Waals surface area contributed by atoms with E-state index in [1.165, 1.54) is 12.8 Å². The van der Waals surface area contributed by atoms with Crippen LogP contribution in [-0.2, 0) is 9.59 Å². The van der Waals surface area contributed by atoms with E-state index in [1.54, 1.807) is 0 Å². The molecule has 1 saturated carbocycles. The Balaban J connectivity index is 1.43. The zero-order valence-electron chi connectivity index (χ0n) is 17.2. The number of piperazine rings is 1. The second-order valence-electron chi connectivity index (χ2n) is 8.53. The molecule has 1 aromatic rings. The van der Waals surface area contributed by atoms with Crippen molar-refractivity contribution in [3.05, 3.63) is 35.4 Å². The molecule has 3 unspecified atom stereocenters. The van der Waals surface area contributed by atoms with Gasteiger partial charge in [0, 0.05) is 32.2 Å². The van der Waals surface area contributed by atoms with Gasteiger partial charge in [-0.2, -0.15) is 0 Å². The molecule has 3 N–H and O–H groups in total. The first-order valence-corrected chi connectivity index (χ1v) is 10.5. The van der Waals surface area contributed by atoms with Gasteiger partial charge in [0.15, 0.2) is 0 Å². The van der Waals surface area contributed by atoms with Crippen molar-refractivity contribution in [3.63, 3.8) is 0 Å². The minimum absolute atomic E-state index is 0.0378. The summed E-state index contributed by atoms with van der Waals surface area (Å²) in [6, 6.07) is 7.50. The highest BCUT2D eigenvalue weighted by atomic mass is 16.2. The number of aryl methyl sites for hydroxylation is 1. The second-order valence-corrected chi connectivity index (χ2v) is 8.53. The van der Waals surface area contributed by atoms with Crippen molar-refractivity contribution in [3.8, 4) is 0 Å². The molecule has 3 rings (SSSR count). The summed E-state index contributed by atoms with van der Waals surface area (Å²) in [4.78, 5) is 29.0. The highest BCUT2D eigenvalue weighted by Gasteiger charge is 2.27. The van der Waals surface area contributed by atoms with Crippen LogP contribution in [0, 0.1) is 12.8 Å². The Hall–Kier alpha value is -1.92. The fraction of sp³-hybridized carbons (Fsp3) is 0.636. The van der Waals surface area contributed by atoms with Gasteiger partial charge in [-0.1, -0.05) is 49.6 Å². The third kappa shape index (κ3) is 5.55. The fourth-order valence-corrected chi connectivity index (χ4v) is 4.28. The van der Waals surface area contributed by atoms with Crippen LogP contribution in [0.3, 0.4) is 0 Å². The Morgan fingerprint density at radius 3 is 2.46 bits per heavy atom. The third-order valence-corrected chi connectivity index (χ3v) is 6.06. The van der Waals surface area contributed by atoms with Gasteiger partial charge in [0.2, 0.25) is 11.8 Å². The minimum Gasteiger partial charge on any atom is -0.352 e. The molecule has 1 aliphatic carbocycles. The van der Waals surface area contributed by atoms with Crippen molar-refractivity contribution in [1.29, 1.82) is 0 Å². The summed E-state index contributed by atoms with van der Waals surface area (Å²) in [7, 11) is 0. The van der Waals surface area contributed by atoms with E-state index in [1.807, 2.05) is 36.1 Å². The molecule has 2 amide bonds. The number of rotatable bonds is 5. The van der Waals surface area contributed by atoms with Crippen molar-refractivity contribution in [2.24, 2.45) is 11.7 Å². The molecular formula is C22H34N4O2. The number of hydrogen-bond donors (Lipinski definition) is 2. The van der Waals surface area contributed by atoms with Gasteiger partial charge in [-0.15, -0.1) is 0 Å². The Labute approximate surface area is 168 Å². The van der Waals surface area contributed by atoms with Gasteiger partial charge in [-0.05, 0) is 31.2 Å². The van der Waals surface area contributed by atoms with E-state index in [-0.39, 0.29) is 11.8 Å². The molecule has 0 spiro atoms. The standard InChI is InChI=1S/C22H34N4O2/c1-16-6-8-18(9-7-16)21(23)22(28)26-12-10-25(11-13-26)15-20(27)24-19-5-3-4-17(2)14-19/h6-9,17,19,21H,3-5,10-15,23H2,1-2H3,(H,24,27). The molecule has 3 atom stereocenters. The normalized spacial score (nSPS) is 24.6. The summed E-state index contributed by atoms with van der Waals surface area (Å²) >= 11 is 0. The van der Waals surface area contributed by atoms with E-state index < -0.39 is 6.04 Å². The zero-order chi connectivity index (χ0) is 20.1. The van der Waals surface area contributed by atoms with Crippen molar-refractivity contribution in [1.82, 2.24) is 15.1 Å². The Kier molecular flexibility index (Phi) is 7.08. The van der Waals surface area contributed by atoms with E-state index >= 15 is 0 Å². The summed E-state index contributed by atoms with van der Waals surface area (Å²) in [5, 5.41) is 3.19. The second kappa shape index (κ2) is 9.52. The fourth-order valence-electron chi connectivity index (χ4n) is 4.28. The first-order valence-electron chi connectivity index (χ1n) is 10.5. The SMILES string of the molecule is Cc1ccc(C(N)C(=O)N2CCN(CC(=O)NC3CCCC(C)C3)CC2)cc1. The number of nitrogens with zero attached hydrogens (tertiary/aromatic N) is 2. The largest absolute Gasteiger partial charge is 0.352 e. The minimum atomic E-state index is -0.622. The van der Waals surface area contributed by atoms with Crippen LogP contribution in [0.1, 0.15) is 49.8 Å². The summed E-state index contributed by atoms with van der Waals surface area (Å²) in [6.07, 6.45) is 4.65. The molecule has 2 fully saturated rings. The number of hydrogen-bond acceptors (Lipinski definition) is 4. The summed E-state index contributed by atoms with van der Waals surface area (Å²) in [5.74, 6) is 0.769. The van der Waals surface area contributed by atoms with E-state index in [2.05, 4.69) is 17.1 Å². The van der Waals surface area contributed by atoms with E-state index in [9.17, 15) is 9.59 Å². The van der Waals surface area contributed by atoms with E-state index in [4.69, 9.17) is 5.73 Å². The van der Waals surface area contributed by atoms with Crippen LogP contribution in [0.25, 0.3) is 0 Å². The van der Waals surface area contributed by atoms with Crippen molar-refractivity contribution < 1.29 is 9.59 Å². The molecule has 6 heteroatoms. The lowest BCUT2D eigenvalue weighted by molar-refractivity contribution is -0.134. The molecule has 1 heterocycles. The molecule has 0 aromatic heterocycles. The van der Waals surface area contributed by atoms with Crippen LogP contribution in [0.15, 0.2) is 24.3 Å². The molecule has 1 aliphatic heterocycles. The number of nitrogens with one attached hydrogen (secondary N) is 1. The van der Waals surface area contributed by atoms with Crippen LogP contribution in [0.2, 0.25) is 0 Å². The molecule has 1 saturated heterocycles. The van der Waals surface area contributed by atoms with Crippen LogP contribution < -0.4 is 11.1 Å². The maximum Gasteiger partial charge on any atom is 0.244 e. The van der Waals surface area contributed by atoms with Crippen LogP contribution >= 0.6 is 0 Å². The Morgan fingerprint density at radius 1 is 1.14 bits per heavy atom. The number of carbonyl (C=O) groups is 2. The quantitative estimate of drug-likeness (QED) is 0.809. The Bertz CT molecular complexity index is 668. The predicted molar refractivity (Wildman–Crippen MR) is 111 cm³/mol. The highest BCUT2D eigenvalue weighted by molar-refractivity contribution is 5.83. The van der Waals surface area contributed by atoms with Crippen molar-refractivity contribution >= 4 is 11.8 Å². The first-order chi connectivity index (χ1) is 13.4. The Morgan fingerprint density at radius 2 is 1.82 bits per heavy atom. The van der Waals surface area contributed by atoms with Crippen LogP contribution in [-0.4, -0.2) is 60.4 Å². The maximum absolute atomic E-state index is 12.7. The molecule has 28 heavy (non-hydrogen) atoms. The molecule has 2 aliphatic rings. The molecular weight excluding hydrogens is 352 g/mol. The van der Waals surface area contributed by atoms with Crippen molar-refractivity contribution in [2.45, 2.75) is 51.6 Å². The zero-order valence-corrected chi connectivity index (χ0v) is 17.2. The first kappa shape index (κ1) is 20.8. The topological polar surface area (TPSA) is 78.7 Å². The molecule has 1 aromatic carbocycles. The molecule has 6 nitrogen and oxygen atoms in total. The predicted octanol–water partition coefficient (Wildman–Crippen LogP) is 1.83. The van der Waals surface area contributed by atoms with Gasteiger partial charge in [-0.3, -0.25) is 14.5 Å². The third-order valence-electron chi connectivity index (χ3n) is 6.06. The van der Waals surface area contributed by atoms with Crippen LogP contribution in [0.4, 0.5) is 0 Å². The lowest BCUT2D eigenvalue weighted by Crippen LogP contribution is -2.53. The number of nitrogens with two attached hydrogens (primary N) is 1. The van der Waals surface area contributed by atoms with Gasteiger partial charge in [0.25, 0.3) is 0 Å². The highest BCUT2D eigenvalue weighted by Crippen LogP contribution is 2.23. The van der Waals surface area contributed by atoms with Gasteiger partial charge >= 0.3 is 0 Å². The molecule has 0 bridgehead atoms. The average Bonchev–Trinajstić information content (AvgIpc) is 2.68. The van der Waals surface area contributed by atoms with E-state index in [0.717, 1.165) is 24.0 Å². The lowest BCUT2D eigenvalue weighted by Gasteiger charge is -2.36. The smallest absolute Gasteiger partial charge is 0.244 e. The maximum atomic E-state index is 12.7. The van der Waals surface area contributed by atoms with Crippen molar-refractivity contribution in [2.75, 3.05) is 32.7 Å². The number of carbonyl (C=O) groups excluding carboxylic acids is 2. The van der Waals surface area contributed by atoms with Gasteiger partial charge in [-0.25, -0.2) is 0 Å². The van der Waals surface area contributed by atoms with Gasteiger partial charge in [0.1, 0.15) is 6.04 Å². The van der Waals surface area contributed by atoms with Crippen LogP contribution in [0.5, 0.6) is 0 Å². The summed E-state index contributed by atoms with van der Waals surface area (Å²) in [5.41, 5.74) is 8.18. The van der Waals surface area contributed by atoms with E-state index in [0.29, 0.717) is 44.7 Å². The number of benzene rings is 1. The lowest BCUT2D eigenvalue weighted by atomic mass is 9.87. The average molecular weight is 387 g/mol. The van der Waals surface area contributed by atoms with Gasteiger partial charge in [0.05, 0.1) is 6.54 Å². The monoisotopic (exact) mass is 386 g/mol. The molecule has 154 valence electrons. The summed E-state index contributed by atoms with van der Waals surface area (Å²) in [6.45, 7) is 7.34. The summed E-state index contributed by atoms with van der Waals surface area (Å²) < 4.78 is 0. The van der Waals surface area contributed by atoms with Gasteiger partial charge < -0.3 is 16.0 Å².